The van der Waals surface area contributed by atoms with Crippen LogP contribution >= 0.6 is 0 Å². The number of fused-ring (bicyclic) bond motifs is 1. The van der Waals surface area contributed by atoms with E-state index in [2.05, 4.69) is 6.92 Å². The Morgan fingerprint density at radius 2 is 1.56 bits per heavy atom. The fourth-order valence-electron chi connectivity index (χ4n) is 4.36. The minimum atomic E-state index is -3.70. The molecule has 174 valence electrons. The molecule has 1 saturated heterocycles. The van der Waals surface area contributed by atoms with Gasteiger partial charge in [-0.25, -0.2) is 21.1 Å². The van der Waals surface area contributed by atoms with Gasteiger partial charge in [-0.1, -0.05) is 25.1 Å². The Balaban J connectivity index is 1.49. The number of hydrogen-bond acceptors (Lipinski definition) is 5. The molecular weight excluding hydrogens is 448 g/mol. The lowest BCUT2D eigenvalue weighted by atomic mass is 10.0. The summed E-state index contributed by atoms with van der Waals surface area (Å²) in [5.74, 6) is 0.851. The van der Waals surface area contributed by atoms with Crippen molar-refractivity contribution in [1.29, 1.82) is 0 Å². The van der Waals surface area contributed by atoms with Crippen LogP contribution in [0, 0.1) is 5.92 Å². The summed E-state index contributed by atoms with van der Waals surface area (Å²) >= 11 is 0. The van der Waals surface area contributed by atoms with Crippen LogP contribution in [-0.2, 0) is 26.5 Å². The van der Waals surface area contributed by atoms with Gasteiger partial charge >= 0.3 is 0 Å². The monoisotopic (exact) mass is 478 g/mol. The van der Waals surface area contributed by atoms with E-state index >= 15 is 0 Å². The molecule has 1 atom stereocenters. The third kappa shape index (κ3) is 4.94. The van der Waals surface area contributed by atoms with E-state index < -0.39 is 20.0 Å². The Labute approximate surface area is 191 Å². The van der Waals surface area contributed by atoms with Gasteiger partial charge < -0.3 is 4.74 Å². The van der Waals surface area contributed by atoms with E-state index in [1.54, 1.807) is 24.3 Å². The van der Waals surface area contributed by atoms with Crippen LogP contribution in [0.4, 0.5) is 5.69 Å². The molecule has 2 aliphatic heterocycles. The number of aryl methyl sites for hydroxylation is 1. The van der Waals surface area contributed by atoms with Crippen molar-refractivity contribution < 1.29 is 21.6 Å². The van der Waals surface area contributed by atoms with Crippen molar-refractivity contribution in [2.24, 2.45) is 5.92 Å². The van der Waals surface area contributed by atoms with Crippen molar-refractivity contribution in [3.05, 3.63) is 54.1 Å². The van der Waals surface area contributed by atoms with Crippen LogP contribution in [0.2, 0.25) is 0 Å². The lowest BCUT2D eigenvalue weighted by molar-refractivity contribution is 0.135. The molecule has 0 bridgehead atoms. The van der Waals surface area contributed by atoms with Gasteiger partial charge in [0.1, 0.15) is 11.9 Å². The number of benzene rings is 2. The third-order valence-corrected chi connectivity index (χ3v) is 9.33. The van der Waals surface area contributed by atoms with Crippen molar-refractivity contribution in [1.82, 2.24) is 4.31 Å². The summed E-state index contributed by atoms with van der Waals surface area (Å²) in [6, 6.07) is 14.3. The van der Waals surface area contributed by atoms with Gasteiger partial charge in [-0.2, -0.15) is 0 Å². The molecule has 1 fully saturated rings. The van der Waals surface area contributed by atoms with Gasteiger partial charge in [-0.15, -0.1) is 0 Å². The number of sulfonamides is 2. The summed E-state index contributed by atoms with van der Waals surface area (Å²) in [6.07, 6.45) is 4.17. The second-order valence-corrected chi connectivity index (χ2v) is 12.6. The van der Waals surface area contributed by atoms with Gasteiger partial charge in [0.25, 0.3) is 10.0 Å². The molecule has 9 heteroatoms. The highest BCUT2D eigenvalue weighted by Gasteiger charge is 2.30. The minimum Gasteiger partial charge on any atom is -0.490 e. The summed E-state index contributed by atoms with van der Waals surface area (Å²) in [5, 5.41) is 0. The number of piperidine rings is 1. The van der Waals surface area contributed by atoms with Gasteiger partial charge in [0.15, 0.2) is 0 Å². The van der Waals surface area contributed by atoms with E-state index in [1.165, 1.54) is 14.9 Å². The molecule has 0 N–H and O–H groups in total. The summed E-state index contributed by atoms with van der Waals surface area (Å²) in [7, 11) is -6.88. The summed E-state index contributed by atoms with van der Waals surface area (Å²) < 4.78 is 59.3. The van der Waals surface area contributed by atoms with Gasteiger partial charge in [-0.3, -0.25) is 4.31 Å². The molecule has 0 aromatic heterocycles. The normalized spacial score (nSPS) is 21.1. The molecule has 4 rings (SSSR count). The van der Waals surface area contributed by atoms with E-state index in [1.807, 2.05) is 24.3 Å². The van der Waals surface area contributed by atoms with E-state index in [0.29, 0.717) is 38.2 Å². The topological polar surface area (TPSA) is 84.0 Å². The molecule has 0 radical (unpaired) electrons. The lowest BCUT2D eigenvalue weighted by Gasteiger charge is -2.30. The first-order chi connectivity index (χ1) is 15.1. The van der Waals surface area contributed by atoms with Crippen LogP contribution in [0.1, 0.15) is 31.7 Å². The first kappa shape index (κ1) is 23.1. The van der Waals surface area contributed by atoms with Gasteiger partial charge in [-0.05, 0) is 67.5 Å². The Morgan fingerprint density at radius 1 is 0.906 bits per heavy atom. The predicted molar refractivity (Wildman–Crippen MR) is 125 cm³/mol. The van der Waals surface area contributed by atoms with Crippen LogP contribution in [-0.4, -0.2) is 53.1 Å². The van der Waals surface area contributed by atoms with Gasteiger partial charge in [0, 0.05) is 19.6 Å². The fourth-order valence-corrected chi connectivity index (χ4v) is 6.86. The number of hydrogen-bond donors (Lipinski definition) is 0. The molecular formula is C23H30N2O5S2. The summed E-state index contributed by atoms with van der Waals surface area (Å²) in [4.78, 5) is 0.237. The highest BCUT2D eigenvalue weighted by molar-refractivity contribution is 7.92. The van der Waals surface area contributed by atoms with E-state index in [4.69, 9.17) is 4.74 Å². The highest BCUT2D eigenvalue weighted by atomic mass is 32.2. The number of rotatable bonds is 5. The molecule has 7 nitrogen and oxygen atoms in total. The Kier molecular flexibility index (Phi) is 6.51. The molecule has 1 unspecified atom stereocenters. The van der Waals surface area contributed by atoms with Gasteiger partial charge in [0.05, 0.1) is 16.8 Å². The SMILES string of the molecule is CC1CCc2ccccc2N(S(=O)(=O)c2ccc(OC3CCN(S(C)(=O)=O)CC3)cc2)C1. The number of anilines is 1. The maximum Gasteiger partial charge on any atom is 0.264 e. The Hall–Kier alpha value is -2.10. The third-order valence-electron chi connectivity index (χ3n) is 6.23. The molecule has 2 aromatic carbocycles. The molecule has 32 heavy (non-hydrogen) atoms. The quantitative estimate of drug-likeness (QED) is 0.659. The van der Waals surface area contributed by atoms with Crippen molar-refractivity contribution in [2.45, 2.75) is 43.6 Å². The summed E-state index contributed by atoms with van der Waals surface area (Å²) in [6.45, 7) is 3.40. The van der Waals surface area contributed by atoms with E-state index in [0.717, 1.165) is 24.1 Å². The average Bonchev–Trinajstić information content (AvgIpc) is 2.93. The number of nitrogens with zero attached hydrogens (tertiary/aromatic N) is 2. The van der Waals surface area contributed by atoms with Crippen LogP contribution in [0.15, 0.2) is 53.4 Å². The molecule has 2 heterocycles. The highest BCUT2D eigenvalue weighted by Crippen LogP contribution is 2.33. The van der Waals surface area contributed by atoms with Crippen LogP contribution < -0.4 is 9.04 Å². The lowest BCUT2D eigenvalue weighted by Crippen LogP contribution is -2.41. The van der Waals surface area contributed by atoms with E-state index in [-0.39, 0.29) is 16.9 Å². The first-order valence-electron chi connectivity index (χ1n) is 11.0. The zero-order valence-electron chi connectivity index (χ0n) is 18.5. The zero-order valence-corrected chi connectivity index (χ0v) is 20.1. The van der Waals surface area contributed by atoms with Crippen molar-refractivity contribution >= 4 is 25.7 Å². The first-order valence-corrected chi connectivity index (χ1v) is 14.3. The standard InChI is InChI=1S/C23H30N2O5S2/c1-18-7-8-19-5-3-4-6-23(19)25(17-18)32(28,29)22-11-9-20(10-12-22)30-21-13-15-24(16-14-21)31(2,26)27/h3-6,9-12,18,21H,7-8,13-17H2,1-2H3. The average molecular weight is 479 g/mol. The van der Waals surface area contributed by atoms with Crippen molar-refractivity contribution in [3.8, 4) is 5.75 Å². The van der Waals surface area contributed by atoms with Crippen LogP contribution in [0.25, 0.3) is 0 Å². The van der Waals surface area contributed by atoms with Crippen LogP contribution in [0.3, 0.4) is 0 Å². The minimum absolute atomic E-state index is 0.0891. The molecule has 0 amide bonds. The second-order valence-electron chi connectivity index (χ2n) is 8.76. The summed E-state index contributed by atoms with van der Waals surface area (Å²) in [5.41, 5.74) is 1.82. The maximum atomic E-state index is 13.5. The number of para-hydroxylation sites is 1. The largest absolute Gasteiger partial charge is 0.490 e. The van der Waals surface area contributed by atoms with Crippen molar-refractivity contribution in [3.63, 3.8) is 0 Å². The molecule has 0 spiro atoms. The fraction of sp³-hybridized carbons (Fsp3) is 0.478. The zero-order chi connectivity index (χ0) is 22.9. The molecule has 0 aliphatic carbocycles. The smallest absolute Gasteiger partial charge is 0.264 e. The van der Waals surface area contributed by atoms with Crippen LogP contribution in [0.5, 0.6) is 5.75 Å². The predicted octanol–water partition coefficient (Wildman–Crippen LogP) is 3.27. The second kappa shape index (κ2) is 9.03. The molecule has 2 aromatic rings. The van der Waals surface area contributed by atoms with Crippen molar-refractivity contribution in [2.75, 3.05) is 30.2 Å². The van der Waals surface area contributed by atoms with Gasteiger partial charge in [0.2, 0.25) is 10.0 Å². The Bertz CT molecular complexity index is 1160. The number of ether oxygens (including phenoxy) is 1. The Morgan fingerprint density at radius 3 is 2.22 bits per heavy atom. The molecule has 0 saturated carbocycles. The van der Waals surface area contributed by atoms with E-state index in [9.17, 15) is 16.8 Å². The maximum absolute atomic E-state index is 13.5. The molecule has 2 aliphatic rings.